The van der Waals surface area contributed by atoms with Crippen molar-refractivity contribution in [2.45, 2.75) is 39.0 Å². The summed E-state index contributed by atoms with van der Waals surface area (Å²) >= 11 is 7.44. The zero-order valence-corrected chi connectivity index (χ0v) is 13.6. The Bertz CT molecular complexity index is 553. The second kappa shape index (κ2) is 7.65. The van der Waals surface area contributed by atoms with Crippen molar-refractivity contribution in [1.82, 2.24) is 4.98 Å². The summed E-state index contributed by atoms with van der Waals surface area (Å²) in [7, 11) is 0. The molecule has 2 aromatic rings. The number of ether oxygens (including phenoxy) is 1. The van der Waals surface area contributed by atoms with Gasteiger partial charge in [0, 0.05) is 5.38 Å². The van der Waals surface area contributed by atoms with Crippen molar-refractivity contribution in [1.29, 1.82) is 0 Å². The van der Waals surface area contributed by atoms with Crippen molar-refractivity contribution in [3.8, 4) is 5.75 Å². The summed E-state index contributed by atoms with van der Waals surface area (Å²) in [5, 5.41) is 3.21. The largest absolute Gasteiger partial charge is 0.493 e. The van der Waals surface area contributed by atoms with Crippen LogP contribution in [0.2, 0.25) is 0 Å². The second-order valence-corrected chi connectivity index (χ2v) is 6.15. The summed E-state index contributed by atoms with van der Waals surface area (Å²) in [6, 6.07) is 6.29. The predicted octanol–water partition coefficient (Wildman–Crippen LogP) is 4.90. The fourth-order valence-electron chi connectivity index (χ4n) is 2.05. The molecule has 0 saturated carbocycles. The van der Waals surface area contributed by atoms with Crippen LogP contribution in [-0.4, -0.2) is 11.6 Å². The molecule has 0 spiro atoms. The fraction of sp³-hybridized carbons (Fsp3) is 0.438. The Balaban J connectivity index is 1.68. The fourth-order valence-corrected chi connectivity index (χ4v) is 3.12. The average Bonchev–Trinajstić information content (AvgIpc) is 2.88. The Hall–Kier alpha value is -1.06. The summed E-state index contributed by atoms with van der Waals surface area (Å²) in [5.74, 6) is 1.50. The first kappa shape index (κ1) is 15.3. The molecule has 0 unspecified atom stereocenters. The highest BCUT2D eigenvalue weighted by molar-refractivity contribution is 7.09. The molecule has 1 aromatic heterocycles. The molecule has 0 radical (unpaired) electrons. The Morgan fingerprint density at radius 1 is 1.25 bits per heavy atom. The molecule has 2 nitrogen and oxygen atoms in total. The lowest BCUT2D eigenvalue weighted by Crippen LogP contribution is -2.00. The first-order valence-electron chi connectivity index (χ1n) is 6.88. The van der Waals surface area contributed by atoms with Gasteiger partial charge in [-0.15, -0.1) is 22.9 Å². The molecule has 4 heteroatoms. The van der Waals surface area contributed by atoms with Crippen molar-refractivity contribution in [2.24, 2.45) is 0 Å². The molecule has 0 amide bonds. The van der Waals surface area contributed by atoms with Gasteiger partial charge in [0.15, 0.2) is 0 Å². The molecule has 0 aliphatic carbocycles. The van der Waals surface area contributed by atoms with Crippen LogP contribution in [0.3, 0.4) is 0 Å². The molecule has 0 bridgehead atoms. The lowest BCUT2D eigenvalue weighted by Gasteiger charge is -2.09. The zero-order chi connectivity index (χ0) is 14.4. The van der Waals surface area contributed by atoms with Crippen molar-refractivity contribution >= 4 is 22.9 Å². The van der Waals surface area contributed by atoms with Crippen molar-refractivity contribution in [2.75, 3.05) is 6.61 Å². The minimum absolute atomic E-state index is 0.506. The Labute approximate surface area is 129 Å². The molecule has 0 saturated heterocycles. The predicted molar refractivity (Wildman–Crippen MR) is 86.0 cm³/mol. The lowest BCUT2D eigenvalue weighted by molar-refractivity contribution is 0.305. The van der Waals surface area contributed by atoms with E-state index in [-0.39, 0.29) is 0 Å². The van der Waals surface area contributed by atoms with Crippen molar-refractivity contribution < 1.29 is 4.74 Å². The van der Waals surface area contributed by atoms with Gasteiger partial charge >= 0.3 is 0 Å². The van der Waals surface area contributed by atoms with Gasteiger partial charge in [0.05, 0.1) is 23.2 Å². The van der Waals surface area contributed by atoms with Gasteiger partial charge in [0.1, 0.15) is 5.75 Å². The van der Waals surface area contributed by atoms with E-state index in [1.54, 1.807) is 11.3 Å². The van der Waals surface area contributed by atoms with E-state index in [1.807, 2.05) is 5.38 Å². The number of alkyl halides is 1. The van der Waals surface area contributed by atoms with Gasteiger partial charge in [-0.25, -0.2) is 4.98 Å². The van der Waals surface area contributed by atoms with E-state index in [2.05, 4.69) is 37.0 Å². The van der Waals surface area contributed by atoms with Crippen LogP contribution in [-0.2, 0) is 12.3 Å². The van der Waals surface area contributed by atoms with Crippen LogP contribution in [0.25, 0.3) is 0 Å². The molecule has 0 aliphatic rings. The number of nitrogens with zero attached hydrogens (tertiary/aromatic N) is 1. The number of hydrogen-bond acceptors (Lipinski definition) is 3. The number of halogens is 1. The Morgan fingerprint density at radius 2 is 2.10 bits per heavy atom. The Morgan fingerprint density at radius 3 is 2.80 bits per heavy atom. The highest BCUT2D eigenvalue weighted by Crippen LogP contribution is 2.19. The smallest absolute Gasteiger partial charge is 0.122 e. The lowest BCUT2D eigenvalue weighted by atomic mass is 10.1. The molecular weight excluding hydrogens is 290 g/mol. The van der Waals surface area contributed by atoms with Gasteiger partial charge in [-0.3, -0.25) is 0 Å². The number of rotatable bonds is 7. The van der Waals surface area contributed by atoms with Gasteiger partial charge in [0.2, 0.25) is 0 Å². The third kappa shape index (κ3) is 4.50. The van der Waals surface area contributed by atoms with Gasteiger partial charge < -0.3 is 4.74 Å². The number of unbranched alkanes of at least 4 members (excludes halogenated alkanes) is 1. The van der Waals surface area contributed by atoms with Crippen LogP contribution in [0.5, 0.6) is 5.75 Å². The molecule has 1 aromatic carbocycles. The maximum Gasteiger partial charge on any atom is 0.122 e. The summed E-state index contributed by atoms with van der Waals surface area (Å²) in [5.41, 5.74) is 3.46. The third-order valence-corrected chi connectivity index (χ3v) is 4.34. The molecule has 108 valence electrons. The van der Waals surface area contributed by atoms with E-state index in [1.165, 1.54) is 16.1 Å². The maximum absolute atomic E-state index is 5.82. The topological polar surface area (TPSA) is 22.1 Å². The van der Waals surface area contributed by atoms with Crippen LogP contribution in [0, 0.1) is 13.8 Å². The van der Waals surface area contributed by atoms with E-state index in [0.29, 0.717) is 5.88 Å². The summed E-state index contributed by atoms with van der Waals surface area (Å²) in [6.45, 7) is 4.95. The molecule has 0 fully saturated rings. The monoisotopic (exact) mass is 309 g/mol. The quantitative estimate of drug-likeness (QED) is 0.536. The van der Waals surface area contributed by atoms with Crippen LogP contribution in [0.15, 0.2) is 23.6 Å². The standard InChI is InChI=1S/C16H20ClNOS/c1-12-6-7-15(13(2)9-12)19-8-4-3-5-16-18-14(10-17)11-20-16/h6-7,9,11H,3-5,8,10H2,1-2H3. The third-order valence-electron chi connectivity index (χ3n) is 3.11. The van der Waals surface area contributed by atoms with E-state index >= 15 is 0 Å². The molecule has 2 rings (SSSR count). The summed E-state index contributed by atoms with van der Waals surface area (Å²) in [6.07, 6.45) is 3.15. The van der Waals surface area contributed by atoms with Gasteiger partial charge in [-0.05, 0) is 44.7 Å². The summed E-state index contributed by atoms with van der Waals surface area (Å²) < 4.78 is 5.82. The van der Waals surface area contributed by atoms with Crippen LogP contribution in [0.4, 0.5) is 0 Å². The van der Waals surface area contributed by atoms with Gasteiger partial charge in [-0.1, -0.05) is 17.7 Å². The molecule has 0 atom stereocenters. The molecule has 0 aliphatic heterocycles. The number of aromatic nitrogens is 1. The van der Waals surface area contributed by atoms with E-state index in [4.69, 9.17) is 16.3 Å². The molecule has 1 heterocycles. The average molecular weight is 310 g/mol. The van der Waals surface area contributed by atoms with Gasteiger partial charge in [-0.2, -0.15) is 0 Å². The van der Waals surface area contributed by atoms with Crippen LogP contribution in [0.1, 0.15) is 34.7 Å². The number of aryl methyl sites for hydroxylation is 3. The molecular formula is C16H20ClNOS. The van der Waals surface area contributed by atoms with Crippen molar-refractivity contribution in [3.05, 3.63) is 45.4 Å². The first-order chi connectivity index (χ1) is 9.69. The maximum atomic E-state index is 5.82. The molecule has 20 heavy (non-hydrogen) atoms. The first-order valence-corrected chi connectivity index (χ1v) is 8.30. The van der Waals surface area contributed by atoms with Gasteiger partial charge in [0.25, 0.3) is 0 Å². The molecule has 0 N–H and O–H groups in total. The van der Waals surface area contributed by atoms with E-state index in [9.17, 15) is 0 Å². The number of benzene rings is 1. The number of hydrogen-bond donors (Lipinski definition) is 0. The normalized spacial score (nSPS) is 10.8. The minimum Gasteiger partial charge on any atom is -0.493 e. The highest BCUT2D eigenvalue weighted by atomic mass is 35.5. The van der Waals surface area contributed by atoms with Crippen LogP contribution < -0.4 is 4.74 Å². The second-order valence-electron chi connectivity index (χ2n) is 4.94. The highest BCUT2D eigenvalue weighted by Gasteiger charge is 2.02. The summed E-state index contributed by atoms with van der Waals surface area (Å²) in [4.78, 5) is 4.45. The van der Waals surface area contributed by atoms with Crippen LogP contribution >= 0.6 is 22.9 Å². The Kier molecular flexibility index (Phi) is 5.86. The zero-order valence-electron chi connectivity index (χ0n) is 12.0. The number of thiazole rings is 1. The van der Waals surface area contributed by atoms with Crippen molar-refractivity contribution in [3.63, 3.8) is 0 Å². The van der Waals surface area contributed by atoms with E-state index < -0.39 is 0 Å². The minimum atomic E-state index is 0.506. The SMILES string of the molecule is Cc1ccc(OCCCCc2nc(CCl)cs2)c(C)c1. The van der Waals surface area contributed by atoms with E-state index in [0.717, 1.165) is 37.3 Å².